The highest BCUT2D eigenvalue weighted by atomic mass is 79.9. The Bertz CT molecular complexity index is 447. The van der Waals surface area contributed by atoms with Gasteiger partial charge in [0.2, 0.25) is 0 Å². The number of rotatable bonds is 2. The van der Waals surface area contributed by atoms with Crippen LogP contribution in [-0.2, 0) is 0 Å². The highest BCUT2D eigenvalue weighted by molar-refractivity contribution is 9.10. The quantitative estimate of drug-likeness (QED) is 0.905. The molecule has 2 rings (SSSR count). The van der Waals surface area contributed by atoms with Crippen LogP contribution in [0.5, 0.6) is 0 Å². The largest absolute Gasteiger partial charge is 0.323 e. The Morgan fingerprint density at radius 2 is 2.20 bits per heavy atom. The summed E-state index contributed by atoms with van der Waals surface area (Å²) in [6.45, 7) is 1.92. The normalized spacial score (nSPS) is 12.7. The molecule has 0 bridgehead atoms. The van der Waals surface area contributed by atoms with Gasteiger partial charge < -0.3 is 5.73 Å². The lowest BCUT2D eigenvalue weighted by atomic mass is 10.3. The first-order valence-corrected chi connectivity index (χ1v) is 5.37. The second-order valence-corrected chi connectivity index (χ2v) is 4.23. The number of hydrogen-bond acceptors (Lipinski definition) is 3. The third kappa shape index (κ3) is 2.08. The summed E-state index contributed by atoms with van der Waals surface area (Å²) >= 11 is 3.34. The number of nitrogens with zero attached hydrogens (tertiary/aromatic N) is 3. The summed E-state index contributed by atoms with van der Waals surface area (Å²) in [5, 5.41) is 0. The highest BCUT2D eigenvalue weighted by Crippen LogP contribution is 2.15. The van der Waals surface area contributed by atoms with Crippen LogP contribution in [-0.4, -0.2) is 14.5 Å². The van der Waals surface area contributed by atoms with E-state index >= 15 is 0 Å². The molecule has 78 valence electrons. The molecule has 0 aliphatic heterocycles. The predicted octanol–water partition coefficient (Wildman–Crippen LogP) is 2.05. The van der Waals surface area contributed by atoms with E-state index in [9.17, 15) is 0 Å². The van der Waals surface area contributed by atoms with Crippen LogP contribution in [0.3, 0.4) is 0 Å². The number of pyridine rings is 1. The standard InChI is InChI=1S/C10H11BrN4/c1-7(12)9-5-13-6-15(9)10-3-2-8(11)4-14-10/h2-7H,12H2,1H3. The average molecular weight is 267 g/mol. The van der Waals surface area contributed by atoms with Gasteiger partial charge in [-0.15, -0.1) is 0 Å². The van der Waals surface area contributed by atoms with E-state index in [4.69, 9.17) is 5.73 Å². The van der Waals surface area contributed by atoms with Gasteiger partial charge in [0, 0.05) is 16.7 Å². The van der Waals surface area contributed by atoms with Crippen molar-refractivity contribution < 1.29 is 0 Å². The van der Waals surface area contributed by atoms with Gasteiger partial charge in [-0.1, -0.05) is 0 Å². The van der Waals surface area contributed by atoms with Gasteiger partial charge in [0.05, 0.1) is 11.9 Å². The molecule has 2 N–H and O–H groups in total. The van der Waals surface area contributed by atoms with Crippen LogP contribution in [0, 0.1) is 0 Å². The third-order valence-electron chi connectivity index (χ3n) is 2.09. The third-order valence-corrected chi connectivity index (χ3v) is 2.56. The minimum Gasteiger partial charge on any atom is -0.323 e. The molecule has 0 amide bonds. The number of imidazole rings is 1. The van der Waals surface area contributed by atoms with E-state index < -0.39 is 0 Å². The number of aromatic nitrogens is 3. The average Bonchev–Trinajstić information content (AvgIpc) is 2.67. The summed E-state index contributed by atoms with van der Waals surface area (Å²) < 4.78 is 2.84. The fraction of sp³-hybridized carbons (Fsp3) is 0.200. The first kappa shape index (κ1) is 10.3. The van der Waals surface area contributed by atoms with Crippen molar-refractivity contribution in [2.24, 2.45) is 5.73 Å². The van der Waals surface area contributed by atoms with Gasteiger partial charge in [-0.2, -0.15) is 0 Å². The van der Waals surface area contributed by atoms with Crippen molar-refractivity contribution in [2.45, 2.75) is 13.0 Å². The van der Waals surface area contributed by atoms with Crippen LogP contribution < -0.4 is 5.73 Å². The molecule has 2 heterocycles. The van der Waals surface area contributed by atoms with E-state index in [-0.39, 0.29) is 6.04 Å². The van der Waals surface area contributed by atoms with Crippen LogP contribution in [0.15, 0.2) is 35.3 Å². The lowest BCUT2D eigenvalue weighted by molar-refractivity contribution is 0.745. The summed E-state index contributed by atoms with van der Waals surface area (Å²) in [5.41, 5.74) is 6.78. The van der Waals surface area contributed by atoms with E-state index in [0.717, 1.165) is 16.0 Å². The van der Waals surface area contributed by atoms with Gasteiger partial charge in [-0.25, -0.2) is 9.97 Å². The SMILES string of the molecule is CC(N)c1cncn1-c1ccc(Br)cn1. The number of nitrogens with two attached hydrogens (primary N) is 1. The van der Waals surface area contributed by atoms with Gasteiger partial charge in [-0.3, -0.25) is 4.57 Å². The molecule has 0 aliphatic carbocycles. The molecule has 2 aromatic rings. The second-order valence-electron chi connectivity index (χ2n) is 3.31. The molecular formula is C10H11BrN4. The van der Waals surface area contributed by atoms with Crippen molar-refractivity contribution in [3.05, 3.63) is 41.0 Å². The van der Waals surface area contributed by atoms with Gasteiger partial charge >= 0.3 is 0 Å². The first-order chi connectivity index (χ1) is 7.18. The minimum absolute atomic E-state index is 0.0575. The van der Waals surface area contributed by atoms with E-state index in [1.54, 1.807) is 18.7 Å². The van der Waals surface area contributed by atoms with Crippen LogP contribution in [0.1, 0.15) is 18.7 Å². The van der Waals surface area contributed by atoms with E-state index in [2.05, 4.69) is 25.9 Å². The molecule has 0 radical (unpaired) electrons. The fourth-order valence-electron chi connectivity index (χ4n) is 1.34. The highest BCUT2D eigenvalue weighted by Gasteiger charge is 2.08. The Morgan fingerprint density at radius 3 is 2.80 bits per heavy atom. The molecule has 2 aromatic heterocycles. The van der Waals surface area contributed by atoms with Crippen molar-refractivity contribution in [1.29, 1.82) is 0 Å². The lowest BCUT2D eigenvalue weighted by Crippen LogP contribution is -2.11. The van der Waals surface area contributed by atoms with Crippen LogP contribution in [0.25, 0.3) is 5.82 Å². The van der Waals surface area contributed by atoms with Crippen molar-refractivity contribution in [1.82, 2.24) is 14.5 Å². The van der Waals surface area contributed by atoms with Gasteiger partial charge in [0.1, 0.15) is 12.1 Å². The van der Waals surface area contributed by atoms with E-state index in [1.165, 1.54) is 0 Å². The van der Waals surface area contributed by atoms with Gasteiger partial charge in [0.15, 0.2) is 0 Å². The number of hydrogen-bond donors (Lipinski definition) is 1. The zero-order chi connectivity index (χ0) is 10.8. The molecular weight excluding hydrogens is 256 g/mol. The smallest absolute Gasteiger partial charge is 0.138 e. The van der Waals surface area contributed by atoms with E-state index in [0.29, 0.717) is 0 Å². The Morgan fingerprint density at radius 1 is 1.40 bits per heavy atom. The minimum atomic E-state index is -0.0575. The van der Waals surface area contributed by atoms with Crippen molar-refractivity contribution in [2.75, 3.05) is 0 Å². The fourth-order valence-corrected chi connectivity index (χ4v) is 1.58. The Hall–Kier alpha value is -1.20. The van der Waals surface area contributed by atoms with Crippen LogP contribution in [0.2, 0.25) is 0 Å². The maximum absolute atomic E-state index is 5.83. The van der Waals surface area contributed by atoms with Crippen LogP contribution >= 0.6 is 15.9 Å². The molecule has 0 saturated heterocycles. The lowest BCUT2D eigenvalue weighted by Gasteiger charge is -2.09. The zero-order valence-electron chi connectivity index (χ0n) is 8.26. The summed E-state index contributed by atoms with van der Waals surface area (Å²) in [4.78, 5) is 8.36. The summed E-state index contributed by atoms with van der Waals surface area (Å²) in [5.74, 6) is 0.822. The molecule has 0 saturated carbocycles. The van der Waals surface area contributed by atoms with Crippen molar-refractivity contribution >= 4 is 15.9 Å². The zero-order valence-corrected chi connectivity index (χ0v) is 9.85. The maximum Gasteiger partial charge on any atom is 0.138 e. The molecule has 0 spiro atoms. The van der Waals surface area contributed by atoms with E-state index in [1.807, 2.05) is 23.6 Å². The number of halogens is 1. The van der Waals surface area contributed by atoms with Gasteiger partial charge in [0.25, 0.3) is 0 Å². The molecule has 1 atom stereocenters. The Labute approximate surface area is 96.3 Å². The monoisotopic (exact) mass is 266 g/mol. The van der Waals surface area contributed by atoms with Crippen molar-refractivity contribution in [3.8, 4) is 5.82 Å². The Balaban J connectivity index is 2.45. The van der Waals surface area contributed by atoms with Gasteiger partial charge in [-0.05, 0) is 35.0 Å². The first-order valence-electron chi connectivity index (χ1n) is 4.58. The summed E-state index contributed by atoms with van der Waals surface area (Å²) in [7, 11) is 0. The van der Waals surface area contributed by atoms with Crippen LogP contribution in [0.4, 0.5) is 0 Å². The molecule has 1 unspecified atom stereocenters. The molecule has 5 heteroatoms. The summed E-state index contributed by atoms with van der Waals surface area (Å²) in [6.07, 6.45) is 5.23. The predicted molar refractivity (Wildman–Crippen MR) is 61.7 cm³/mol. The molecule has 0 aliphatic rings. The molecule has 0 fully saturated rings. The summed E-state index contributed by atoms with van der Waals surface area (Å²) in [6, 6.07) is 3.79. The molecule has 4 nitrogen and oxygen atoms in total. The molecule has 15 heavy (non-hydrogen) atoms. The van der Waals surface area contributed by atoms with Crippen molar-refractivity contribution in [3.63, 3.8) is 0 Å². The Kier molecular flexibility index (Phi) is 2.83. The topological polar surface area (TPSA) is 56.7 Å². The second kappa shape index (κ2) is 4.12. The maximum atomic E-state index is 5.83. The molecule has 0 aromatic carbocycles.